The van der Waals surface area contributed by atoms with Gasteiger partial charge in [0.1, 0.15) is 5.52 Å². The third-order valence-corrected chi connectivity index (χ3v) is 3.69. The molecule has 3 aromatic rings. The van der Waals surface area contributed by atoms with E-state index in [4.69, 9.17) is 5.73 Å². The Hall–Kier alpha value is -2.14. The molecule has 1 aromatic carbocycles. The van der Waals surface area contributed by atoms with E-state index in [0.29, 0.717) is 0 Å². The number of hydrogen-bond donors (Lipinski definition) is 2. The van der Waals surface area contributed by atoms with Crippen molar-refractivity contribution >= 4 is 38.3 Å². The maximum absolute atomic E-state index is 5.69. The summed E-state index contributed by atoms with van der Waals surface area (Å²) >= 11 is 3.41. The van der Waals surface area contributed by atoms with Gasteiger partial charge in [-0.15, -0.1) is 0 Å². The number of pyridine rings is 2. The van der Waals surface area contributed by atoms with Gasteiger partial charge in [-0.05, 0) is 52.2 Å². The molecular formula is C16H15BrN4. The van der Waals surface area contributed by atoms with E-state index >= 15 is 0 Å². The van der Waals surface area contributed by atoms with Gasteiger partial charge in [-0.1, -0.05) is 12.1 Å². The van der Waals surface area contributed by atoms with Crippen molar-refractivity contribution in [2.24, 2.45) is 0 Å². The molecule has 5 heteroatoms. The maximum Gasteiger partial charge on any atom is 0.112 e. The molecule has 0 unspecified atom stereocenters. The zero-order chi connectivity index (χ0) is 14.7. The van der Waals surface area contributed by atoms with Crippen molar-refractivity contribution in [3.63, 3.8) is 0 Å². The molecule has 0 fully saturated rings. The molecule has 0 amide bonds. The highest BCUT2D eigenvalue weighted by molar-refractivity contribution is 9.10. The topological polar surface area (TPSA) is 63.8 Å². The van der Waals surface area contributed by atoms with Gasteiger partial charge in [-0.25, -0.2) is 0 Å². The fourth-order valence-electron chi connectivity index (χ4n) is 2.17. The van der Waals surface area contributed by atoms with Gasteiger partial charge in [0.2, 0.25) is 0 Å². The maximum atomic E-state index is 5.69. The van der Waals surface area contributed by atoms with Crippen molar-refractivity contribution in [3.05, 3.63) is 58.8 Å². The summed E-state index contributed by atoms with van der Waals surface area (Å²) in [5, 5.41) is 3.42. The molecule has 0 radical (unpaired) electrons. The standard InChI is InChI=1S/C16H15BrN4/c17-12-9-15-16(21-10-12)14(6-8-20-15)19-7-5-11-1-3-13(18)4-2-11/h1-4,6,8-10H,5,7,18H2,(H,19,20). The molecule has 0 bridgehead atoms. The normalized spacial score (nSPS) is 10.7. The molecule has 2 heterocycles. The molecule has 0 aliphatic heterocycles. The van der Waals surface area contributed by atoms with Crippen LogP contribution in [0.2, 0.25) is 0 Å². The van der Waals surface area contributed by atoms with Crippen molar-refractivity contribution in [2.45, 2.75) is 6.42 Å². The van der Waals surface area contributed by atoms with Crippen LogP contribution in [-0.4, -0.2) is 16.5 Å². The predicted molar refractivity (Wildman–Crippen MR) is 90.3 cm³/mol. The van der Waals surface area contributed by atoms with E-state index in [2.05, 4.69) is 43.3 Å². The lowest BCUT2D eigenvalue weighted by Gasteiger charge is -2.09. The number of nitrogens with two attached hydrogens (primary N) is 1. The Kier molecular flexibility index (Phi) is 4.01. The smallest absolute Gasteiger partial charge is 0.112 e. The Morgan fingerprint density at radius 3 is 2.71 bits per heavy atom. The number of benzene rings is 1. The third kappa shape index (κ3) is 3.31. The van der Waals surface area contributed by atoms with Crippen molar-refractivity contribution < 1.29 is 0 Å². The van der Waals surface area contributed by atoms with Crippen LogP contribution >= 0.6 is 15.9 Å². The van der Waals surface area contributed by atoms with Gasteiger partial charge in [-0.2, -0.15) is 0 Å². The van der Waals surface area contributed by atoms with Crippen molar-refractivity contribution in [2.75, 3.05) is 17.6 Å². The largest absolute Gasteiger partial charge is 0.399 e. The minimum atomic E-state index is 0.793. The molecular weight excluding hydrogens is 328 g/mol. The van der Waals surface area contributed by atoms with E-state index in [9.17, 15) is 0 Å². The van der Waals surface area contributed by atoms with E-state index in [1.165, 1.54) is 5.56 Å². The molecule has 0 aliphatic carbocycles. The zero-order valence-electron chi connectivity index (χ0n) is 11.4. The van der Waals surface area contributed by atoms with Gasteiger partial charge in [0, 0.05) is 29.1 Å². The molecule has 21 heavy (non-hydrogen) atoms. The van der Waals surface area contributed by atoms with E-state index in [-0.39, 0.29) is 0 Å². The van der Waals surface area contributed by atoms with Crippen LogP contribution in [0.3, 0.4) is 0 Å². The lowest BCUT2D eigenvalue weighted by atomic mass is 10.1. The van der Waals surface area contributed by atoms with Crippen LogP contribution in [0.1, 0.15) is 5.56 Å². The van der Waals surface area contributed by atoms with Gasteiger partial charge in [-0.3, -0.25) is 9.97 Å². The number of halogens is 1. The van der Waals surface area contributed by atoms with E-state index in [0.717, 1.165) is 39.8 Å². The summed E-state index contributed by atoms with van der Waals surface area (Å²) in [4.78, 5) is 8.76. The average Bonchev–Trinajstić information content (AvgIpc) is 2.49. The van der Waals surface area contributed by atoms with Crippen molar-refractivity contribution in [1.29, 1.82) is 0 Å². The summed E-state index contributed by atoms with van der Waals surface area (Å²) in [5.41, 5.74) is 10.5. The fourth-order valence-corrected chi connectivity index (χ4v) is 2.49. The molecule has 106 valence electrons. The SMILES string of the molecule is Nc1ccc(CCNc2ccnc3cc(Br)cnc23)cc1. The van der Waals surface area contributed by atoms with Crippen LogP contribution in [0.15, 0.2) is 53.3 Å². The van der Waals surface area contributed by atoms with Crippen LogP contribution in [-0.2, 0) is 6.42 Å². The van der Waals surface area contributed by atoms with Gasteiger partial charge < -0.3 is 11.1 Å². The Balaban J connectivity index is 1.72. The number of anilines is 2. The highest BCUT2D eigenvalue weighted by Crippen LogP contribution is 2.22. The second kappa shape index (κ2) is 6.10. The molecule has 0 saturated carbocycles. The van der Waals surface area contributed by atoms with E-state index in [1.807, 2.05) is 24.3 Å². The number of nitrogens with zero attached hydrogens (tertiary/aromatic N) is 2. The van der Waals surface area contributed by atoms with Crippen molar-refractivity contribution in [3.8, 4) is 0 Å². The van der Waals surface area contributed by atoms with Crippen LogP contribution < -0.4 is 11.1 Å². The van der Waals surface area contributed by atoms with Gasteiger partial charge in [0.25, 0.3) is 0 Å². The number of nitrogen functional groups attached to an aromatic ring is 1. The first kappa shape index (κ1) is 13.8. The van der Waals surface area contributed by atoms with Crippen LogP contribution in [0.4, 0.5) is 11.4 Å². The predicted octanol–water partition coefficient (Wildman–Crippen LogP) is 3.63. The summed E-state index contributed by atoms with van der Waals surface area (Å²) < 4.78 is 0.932. The summed E-state index contributed by atoms with van der Waals surface area (Å²) in [6, 6.07) is 11.9. The van der Waals surface area contributed by atoms with Crippen LogP contribution in [0, 0.1) is 0 Å². The monoisotopic (exact) mass is 342 g/mol. The number of fused-ring (bicyclic) bond motifs is 1. The average molecular weight is 343 g/mol. The first-order chi connectivity index (χ1) is 10.2. The number of nitrogens with one attached hydrogen (secondary N) is 1. The lowest BCUT2D eigenvalue weighted by Crippen LogP contribution is -2.06. The molecule has 3 N–H and O–H groups in total. The lowest BCUT2D eigenvalue weighted by molar-refractivity contribution is 1.02. The highest BCUT2D eigenvalue weighted by atomic mass is 79.9. The minimum absolute atomic E-state index is 0.793. The highest BCUT2D eigenvalue weighted by Gasteiger charge is 2.03. The Bertz CT molecular complexity index is 756. The molecule has 4 nitrogen and oxygen atoms in total. The summed E-state index contributed by atoms with van der Waals surface area (Å²) in [6.07, 6.45) is 4.51. The molecule has 0 spiro atoms. The van der Waals surface area contributed by atoms with Crippen LogP contribution in [0.5, 0.6) is 0 Å². The Labute approximate surface area is 131 Å². The second-order valence-corrected chi connectivity index (χ2v) is 5.71. The fraction of sp³-hybridized carbons (Fsp3) is 0.125. The number of hydrogen-bond acceptors (Lipinski definition) is 4. The quantitative estimate of drug-likeness (QED) is 0.710. The minimum Gasteiger partial charge on any atom is -0.399 e. The van der Waals surface area contributed by atoms with Crippen LogP contribution in [0.25, 0.3) is 11.0 Å². The first-order valence-electron chi connectivity index (χ1n) is 6.71. The Morgan fingerprint density at radius 1 is 1.10 bits per heavy atom. The number of rotatable bonds is 4. The second-order valence-electron chi connectivity index (χ2n) is 4.80. The first-order valence-corrected chi connectivity index (χ1v) is 7.50. The summed E-state index contributed by atoms with van der Waals surface area (Å²) in [7, 11) is 0. The Morgan fingerprint density at radius 2 is 1.90 bits per heavy atom. The molecule has 0 aliphatic rings. The van der Waals surface area contributed by atoms with Gasteiger partial charge in [0.05, 0.1) is 11.2 Å². The van der Waals surface area contributed by atoms with Gasteiger partial charge >= 0.3 is 0 Å². The summed E-state index contributed by atoms with van der Waals surface area (Å²) in [6.45, 7) is 0.834. The molecule has 2 aromatic heterocycles. The van der Waals surface area contributed by atoms with E-state index < -0.39 is 0 Å². The van der Waals surface area contributed by atoms with Crippen molar-refractivity contribution in [1.82, 2.24) is 9.97 Å². The molecule has 3 rings (SSSR count). The van der Waals surface area contributed by atoms with E-state index in [1.54, 1.807) is 12.4 Å². The molecule has 0 atom stereocenters. The van der Waals surface area contributed by atoms with Gasteiger partial charge in [0.15, 0.2) is 0 Å². The summed E-state index contributed by atoms with van der Waals surface area (Å²) in [5.74, 6) is 0. The zero-order valence-corrected chi connectivity index (χ0v) is 13.0. The molecule has 0 saturated heterocycles. The third-order valence-electron chi connectivity index (χ3n) is 3.25. The number of aromatic nitrogens is 2.